The minimum absolute atomic E-state index is 0.439. The SMILES string of the molecule is CCC12CCC(F)(CC1)C2. The number of rotatable bonds is 1. The van der Waals surface area contributed by atoms with Gasteiger partial charge in [0, 0.05) is 0 Å². The van der Waals surface area contributed by atoms with Gasteiger partial charge in [-0.25, -0.2) is 4.39 Å². The van der Waals surface area contributed by atoms with E-state index in [4.69, 9.17) is 0 Å². The third-order valence-electron chi connectivity index (χ3n) is 3.65. The molecule has 2 aliphatic carbocycles. The molecular formula is C9H15F. The quantitative estimate of drug-likeness (QED) is 0.527. The van der Waals surface area contributed by atoms with E-state index < -0.39 is 5.67 Å². The molecule has 0 N–H and O–H groups in total. The molecule has 0 spiro atoms. The van der Waals surface area contributed by atoms with Crippen molar-refractivity contribution in [3.8, 4) is 0 Å². The van der Waals surface area contributed by atoms with Crippen LogP contribution >= 0.6 is 0 Å². The molecule has 0 aromatic rings. The van der Waals surface area contributed by atoms with E-state index in [9.17, 15) is 4.39 Å². The summed E-state index contributed by atoms with van der Waals surface area (Å²) in [6, 6.07) is 0. The van der Waals surface area contributed by atoms with Crippen molar-refractivity contribution in [2.24, 2.45) is 5.41 Å². The molecule has 2 aliphatic rings. The van der Waals surface area contributed by atoms with Crippen LogP contribution in [0.3, 0.4) is 0 Å². The summed E-state index contributed by atoms with van der Waals surface area (Å²) in [5, 5.41) is 0. The summed E-state index contributed by atoms with van der Waals surface area (Å²) in [5.41, 5.74) is -0.287. The van der Waals surface area contributed by atoms with Gasteiger partial charge in [-0.1, -0.05) is 13.3 Å². The molecule has 2 rings (SSSR count). The molecule has 0 aromatic heterocycles. The van der Waals surface area contributed by atoms with Gasteiger partial charge < -0.3 is 0 Å². The summed E-state index contributed by atoms with van der Waals surface area (Å²) in [5.74, 6) is 0. The molecule has 2 bridgehead atoms. The molecule has 1 heteroatoms. The highest BCUT2D eigenvalue weighted by Gasteiger charge is 2.53. The van der Waals surface area contributed by atoms with Crippen LogP contribution in [0, 0.1) is 5.41 Å². The Kier molecular flexibility index (Phi) is 1.16. The highest BCUT2D eigenvalue weighted by Crippen LogP contribution is 2.59. The molecule has 0 heterocycles. The van der Waals surface area contributed by atoms with Gasteiger partial charge in [-0.05, 0) is 37.5 Å². The first-order valence-electron chi connectivity index (χ1n) is 4.37. The van der Waals surface area contributed by atoms with Crippen molar-refractivity contribution in [3.05, 3.63) is 0 Å². The number of alkyl halides is 1. The van der Waals surface area contributed by atoms with Crippen LogP contribution in [0.5, 0.6) is 0 Å². The van der Waals surface area contributed by atoms with Crippen molar-refractivity contribution in [1.29, 1.82) is 0 Å². The monoisotopic (exact) mass is 142 g/mol. The molecule has 0 nitrogen and oxygen atoms in total. The number of halogens is 1. The number of fused-ring (bicyclic) bond motifs is 2. The third kappa shape index (κ3) is 0.724. The zero-order chi connectivity index (χ0) is 7.24. The first-order valence-corrected chi connectivity index (χ1v) is 4.37. The maximum Gasteiger partial charge on any atom is 0.111 e. The topological polar surface area (TPSA) is 0 Å². The zero-order valence-electron chi connectivity index (χ0n) is 6.62. The van der Waals surface area contributed by atoms with Crippen molar-refractivity contribution >= 4 is 0 Å². The van der Waals surface area contributed by atoms with Crippen LogP contribution in [0.2, 0.25) is 0 Å². The molecule has 0 aromatic carbocycles. The predicted octanol–water partition coefficient (Wildman–Crippen LogP) is 3.07. The van der Waals surface area contributed by atoms with Gasteiger partial charge in [-0.15, -0.1) is 0 Å². The highest BCUT2D eigenvalue weighted by atomic mass is 19.1. The van der Waals surface area contributed by atoms with E-state index in [1.165, 1.54) is 6.42 Å². The summed E-state index contributed by atoms with van der Waals surface area (Å²) in [6.07, 6.45) is 6.07. The van der Waals surface area contributed by atoms with Crippen molar-refractivity contribution in [2.75, 3.05) is 0 Å². The minimum atomic E-state index is -0.726. The van der Waals surface area contributed by atoms with Gasteiger partial charge in [0.15, 0.2) is 0 Å². The van der Waals surface area contributed by atoms with Crippen molar-refractivity contribution in [2.45, 2.75) is 51.1 Å². The lowest BCUT2D eigenvalue weighted by Crippen LogP contribution is -2.14. The summed E-state index contributed by atoms with van der Waals surface area (Å²) in [6.45, 7) is 2.21. The smallest absolute Gasteiger partial charge is 0.111 e. The lowest BCUT2D eigenvalue weighted by Gasteiger charge is -2.23. The van der Waals surface area contributed by atoms with Crippen LogP contribution in [0.15, 0.2) is 0 Å². The molecule has 58 valence electrons. The Balaban J connectivity index is 2.19. The van der Waals surface area contributed by atoms with Gasteiger partial charge in [-0.3, -0.25) is 0 Å². The normalized spacial score (nSPS) is 52.2. The molecule has 2 fully saturated rings. The van der Waals surface area contributed by atoms with Crippen molar-refractivity contribution in [1.82, 2.24) is 0 Å². The van der Waals surface area contributed by atoms with Crippen LogP contribution in [0.25, 0.3) is 0 Å². The zero-order valence-corrected chi connectivity index (χ0v) is 6.62. The number of hydrogen-bond acceptors (Lipinski definition) is 0. The maximum absolute atomic E-state index is 13.5. The van der Waals surface area contributed by atoms with Gasteiger partial charge in [0.05, 0.1) is 0 Å². The van der Waals surface area contributed by atoms with E-state index in [0.717, 1.165) is 32.1 Å². The molecule has 0 radical (unpaired) electrons. The predicted molar refractivity (Wildman–Crippen MR) is 39.6 cm³/mol. The minimum Gasteiger partial charge on any atom is -0.244 e. The molecular weight excluding hydrogens is 127 g/mol. The molecule has 0 atom stereocenters. The average Bonchev–Trinajstić information content (AvgIpc) is 2.42. The fourth-order valence-corrected chi connectivity index (χ4v) is 2.73. The van der Waals surface area contributed by atoms with Crippen LogP contribution < -0.4 is 0 Å². The summed E-state index contributed by atoms with van der Waals surface area (Å²) < 4.78 is 13.5. The van der Waals surface area contributed by atoms with Crippen LogP contribution in [-0.4, -0.2) is 5.67 Å². The van der Waals surface area contributed by atoms with E-state index in [0.29, 0.717) is 5.41 Å². The fourth-order valence-electron chi connectivity index (χ4n) is 2.73. The lowest BCUT2D eigenvalue weighted by molar-refractivity contribution is 0.176. The van der Waals surface area contributed by atoms with E-state index in [1.807, 2.05) is 0 Å². The lowest BCUT2D eigenvalue weighted by atomic mass is 9.82. The molecule has 10 heavy (non-hydrogen) atoms. The van der Waals surface area contributed by atoms with Crippen LogP contribution in [-0.2, 0) is 0 Å². The maximum atomic E-state index is 13.5. The molecule has 0 amide bonds. The number of hydrogen-bond donors (Lipinski definition) is 0. The first kappa shape index (κ1) is 6.63. The largest absolute Gasteiger partial charge is 0.244 e. The Morgan fingerprint density at radius 2 is 1.80 bits per heavy atom. The highest BCUT2D eigenvalue weighted by molar-refractivity contribution is 5.04. The summed E-state index contributed by atoms with van der Waals surface area (Å²) in [4.78, 5) is 0. The molecule has 0 aliphatic heterocycles. The Morgan fingerprint density at radius 3 is 2.00 bits per heavy atom. The molecule has 0 saturated heterocycles. The van der Waals surface area contributed by atoms with Crippen LogP contribution in [0.1, 0.15) is 45.4 Å². The Bertz CT molecular complexity index is 143. The molecule has 2 saturated carbocycles. The summed E-state index contributed by atoms with van der Waals surface area (Å²) in [7, 11) is 0. The second-order valence-electron chi connectivity index (χ2n) is 4.18. The second kappa shape index (κ2) is 1.75. The van der Waals surface area contributed by atoms with Gasteiger partial charge in [0.1, 0.15) is 5.67 Å². The Hall–Kier alpha value is -0.0700. The van der Waals surface area contributed by atoms with Gasteiger partial charge in [0.2, 0.25) is 0 Å². The second-order valence-corrected chi connectivity index (χ2v) is 4.18. The van der Waals surface area contributed by atoms with Crippen molar-refractivity contribution < 1.29 is 4.39 Å². The molecule has 0 unspecified atom stereocenters. The first-order chi connectivity index (χ1) is 4.68. The van der Waals surface area contributed by atoms with E-state index in [2.05, 4.69) is 6.92 Å². The Labute approximate surface area is 61.8 Å². The van der Waals surface area contributed by atoms with Gasteiger partial charge in [0.25, 0.3) is 0 Å². The Morgan fingerprint density at radius 1 is 1.20 bits per heavy atom. The standard InChI is InChI=1S/C9H15F/c1-2-8-3-5-9(10,7-8)6-4-8/h2-7H2,1H3. The van der Waals surface area contributed by atoms with E-state index in [-0.39, 0.29) is 0 Å². The average molecular weight is 142 g/mol. The summed E-state index contributed by atoms with van der Waals surface area (Å²) >= 11 is 0. The third-order valence-corrected chi connectivity index (χ3v) is 3.65. The van der Waals surface area contributed by atoms with Crippen LogP contribution in [0.4, 0.5) is 4.39 Å². The van der Waals surface area contributed by atoms with E-state index >= 15 is 0 Å². The van der Waals surface area contributed by atoms with Gasteiger partial charge >= 0.3 is 0 Å². The fraction of sp³-hybridized carbons (Fsp3) is 1.00. The van der Waals surface area contributed by atoms with E-state index in [1.54, 1.807) is 0 Å². The van der Waals surface area contributed by atoms with Crippen molar-refractivity contribution in [3.63, 3.8) is 0 Å². The van der Waals surface area contributed by atoms with Gasteiger partial charge in [-0.2, -0.15) is 0 Å².